The molecule has 1 rings (SSSR count). The Balaban J connectivity index is 0.000000583. The molecule has 80 valence electrons. The van der Waals surface area contributed by atoms with Gasteiger partial charge in [-0.25, -0.2) is 0 Å². The van der Waals surface area contributed by atoms with Crippen molar-refractivity contribution in [1.29, 1.82) is 0 Å². The topological polar surface area (TPSA) is 34.1 Å². The van der Waals surface area contributed by atoms with E-state index in [9.17, 15) is 9.59 Å². The molecule has 15 heavy (non-hydrogen) atoms. The zero-order valence-corrected chi connectivity index (χ0v) is 12.5. The Morgan fingerprint density at radius 1 is 1.20 bits per heavy atom. The van der Waals surface area contributed by atoms with Crippen LogP contribution in [-0.4, -0.2) is 30.5 Å². The van der Waals surface area contributed by atoms with Crippen LogP contribution in [0.1, 0.15) is 23.7 Å². The van der Waals surface area contributed by atoms with Gasteiger partial charge in [-0.1, -0.05) is 30.3 Å². The van der Waals surface area contributed by atoms with Gasteiger partial charge in [-0.15, -0.1) is 0 Å². The fourth-order valence-corrected chi connectivity index (χ4v) is 0.952. The van der Waals surface area contributed by atoms with E-state index in [0.29, 0.717) is 5.56 Å². The second-order valence-electron chi connectivity index (χ2n) is 2.74. The number of hydrogen-bond acceptors (Lipinski definition) is 2. The van der Waals surface area contributed by atoms with Crippen LogP contribution in [0, 0.1) is 0 Å². The quantitative estimate of drug-likeness (QED) is 0.477. The molecule has 0 heterocycles. The third-order valence-corrected chi connectivity index (χ3v) is 1.51. The Hall–Kier alpha value is -0.0613. The van der Waals surface area contributed by atoms with Crippen molar-refractivity contribution in [2.75, 3.05) is 0 Å². The van der Waals surface area contributed by atoms with E-state index in [1.165, 1.54) is 6.92 Å². The molecule has 0 atom stereocenters. The van der Waals surface area contributed by atoms with Crippen molar-refractivity contribution in [3.63, 3.8) is 0 Å². The van der Waals surface area contributed by atoms with E-state index in [0.717, 1.165) is 0 Å². The number of benzene rings is 1. The molecule has 0 unspecified atom stereocenters. The van der Waals surface area contributed by atoms with Crippen LogP contribution in [0.3, 0.4) is 0 Å². The van der Waals surface area contributed by atoms with Gasteiger partial charge in [0.25, 0.3) is 0 Å². The van der Waals surface area contributed by atoms with Crippen LogP contribution in [0.25, 0.3) is 0 Å². The molecule has 0 spiro atoms. The fourth-order valence-electron chi connectivity index (χ4n) is 0.952. The standard InChI is InChI=1S/C10H10O2.2ClH.Sn/c1-8(11)7-10(12)9-5-3-2-4-6-9;;;/h2-6H,7H2,1H3;2*1H;/q;;;+2/p-2. The van der Waals surface area contributed by atoms with Gasteiger partial charge in [0.2, 0.25) is 0 Å². The molecule has 1 aromatic carbocycles. The molecule has 0 saturated heterocycles. The van der Waals surface area contributed by atoms with Gasteiger partial charge in [0.1, 0.15) is 5.78 Å². The predicted molar refractivity (Wildman–Crippen MR) is 63.5 cm³/mol. The van der Waals surface area contributed by atoms with Crippen molar-refractivity contribution < 1.29 is 9.59 Å². The maximum atomic E-state index is 11.2. The molecular formula is C10H10Cl2O2Sn. The number of halogens is 2. The Labute approximate surface area is 107 Å². The minimum absolute atomic E-state index is 0.00398. The van der Waals surface area contributed by atoms with E-state index in [-0.39, 0.29) is 18.0 Å². The Bertz CT molecular complexity index is 314. The zero-order chi connectivity index (χ0) is 11.7. The molecule has 2 radical (unpaired) electrons. The van der Waals surface area contributed by atoms with Crippen molar-refractivity contribution in [2.45, 2.75) is 13.3 Å². The van der Waals surface area contributed by atoms with Crippen LogP contribution in [0.4, 0.5) is 0 Å². The van der Waals surface area contributed by atoms with Gasteiger partial charge in [0.15, 0.2) is 5.78 Å². The number of carbonyl (C=O) groups excluding carboxylic acids is 2. The van der Waals surface area contributed by atoms with Crippen molar-refractivity contribution in [1.82, 2.24) is 0 Å². The van der Waals surface area contributed by atoms with Gasteiger partial charge in [0.05, 0.1) is 6.42 Å². The summed E-state index contributed by atoms with van der Waals surface area (Å²) in [6, 6.07) is 8.84. The molecule has 0 N–H and O–H groups in total. The first kappa shape index (κ1) is 14.9. The van der Waals surface area contributed by atoms with Crippen LogP contribution >= 0.6 is 17.8 Å². The van der Waals surface area contributed by atoms with E-state index in [1.807, 2.05) is 6.07 Å². The van der Waals surface area contributed by atoms with Crippen molar-refractivity contribution >= 4 is 48.3 Å². The Morgan fingerprint density at radius 2 is 1.67 bits per heavy atom. The van der Waals surface area contributed by atoms with Crippen LogP contribution in [0.5, 0.6) is 0 Å². The molecule has 0 bridgehead atoms. The number of rotatable bonds is 3. The molecule has 0 aliphatic carbocycles. The molecular weight excluding hydrogens is 342 g/mol. The summed E-state index contributed by atoms with van der Waals surface area (Å²) in [5.41, 5.74) is 0.604. The van der Waals surface area contributed by atoms with E-state index < -0.39 is 18.9 Å². The second-order valence-corrected chi connectivity index (χ2v) is 6.98. The maximum absolute atomic E-state index is 11.2. The number of ketones is 2. The van der Waals surface area contributed by atoms with E-state index in [2.05, 4.69) is 0 Å². The van der Waals surface area contributed by atoms with Crippen molar-refractivity contribution in [2.24, 2.45) is 0 Å². The first-order valence-electron chi connectivity index (χ1n) is 4.15. The van der Waals surface area contributed by atoms with Crippen LogP contribution in [-0.2, 0) is 4.79 Å². The second kappa shape index (κ2) is 9.19. The molecule has 0 saturated carbocycles. The first-order valence-corrected chi connectivity index (χ1v) is 11.4. The minimum atomic E-state index is -0.826. The molecule has 0 aliphatic rings. The van der Waals surface area contributed by atoms with E-state index in [1.54, 1.807) is 24.3 Å². The summed E-state index contributed by atoms with van der Waals surface area (Å²) < 4.78 is 0. The Morgan fingerprint density at radius 3 is 2.07 bits per heavy atom. The number of carbonyl (C=O) groups is 2. The third-order valence-electron chi connectivity index (χ3n) is 1.51. The molecule has 5 heteroatoms. The molecule has 2 nitrogen and oxygen atoms in total. The van der Waals surface area contributed by atoms with Gasteiger partial charge in [0, 0.05) is 5.56 Å². The summed E-state index contributed by atoms with van der Waals surface area (Å²) in [5, 5.41) is 0. The fraction of sp³-hybridized carbons (Fsp3) is 0.200. The van der Waals surface area contributed by atoms with E-state index >= 15 is 0 Å². The summed E-state index contributed by atoms with van der Waals surface area (Å²) in [5.74, 6) is -0.202. The molecule has 0 amide bonds. The van der Waals surface area contributed by atoms with Gasteiger partial charge < -0.3 is 0 Å². The summed E-state index contributed by atoms with van der Waals surface area (Å²) in [6.45, 7) is 1.42. The van der Waals surface area contributed by atoms with E-state index in [4.69, 9.17) is 17.8 Å². The van der Waals surface area contributed by atoms with Crippen LogP contribution in [0.15, 0.2) is 30.3 Å². The van der Waals surface area contributed by atoms with Gasteiger partial charge in [-0.05, 0) is 6.92 Å². The molecule has 0 fully saturated rings. The average Bonchev–Trinajstić information content (AvgIpc) is 2.19. The number of Topliss-reactive ketones (excluding diaryl/α,β-unsaturated/α-hetero) is 2. The predicted octanol–water partition coefficient (Wildman–Crippen LogP) is 2.85. The van der Waals surface area contributed by atoms with Crippen molar-refractivity contribution in [3.05, 3.63) is 35.9 Å². The first-order chi connectivity index (χ1) is 7.11. The summed E-state index contributed by atoms with van der Waals surface area (Å²) in [7, 11) is 9.87. The zero-order valence-electron chi connectivity index (χ0n) is 8.17. The molecule has 0 aromatic heterocycles. The summed E-state index contributed by atoms with van der Waals surface area (Å²) >= 11 is -0.826. The van der Waals surface area contributed by atoms with Gasteiger partial charge >= 0.3 is 36.7 Å². The molecule has 1 aromatic rings. The monoisotopic (exact) mass is 352 g/mol. The Kier molecular flexibility index (Phi) is 9.15. The average molecular weight is 352 g/mol. The van der Waals surface area contributed by atoms with Gasteiger partial charge in [-0.2, -0.15) is 0 Å². The normalized spacial score (nSPS) is 8.73. The summed E-state index contributed by atoms with van der Waals surface area (Å²) in [4.78, 5) is 21.8. The number of hydrogen-bond donors (Lipinski definition) is 0. The van der Waals surface area contributed by atoms with Gasteiger partial charge in [-0.3, -0.25) is 9.59 Å². The van der Waals surface area contributed by atoms with Crippen molar-refractivity contribution in [3.8, 4) is 0 Å². The molecule has 0 aliphatic heterocycles. The summed E-state index contributed by atoms with van der Waals surface area (Å²) in [6.07, 6.45) is 0.00398. The van der Waals surface area contributed by atoms with Crippen LogP contribution in [0.2, 0.25) is 0 Å². The third kappa shape index (κ3) is 7.82. The SMILES string of the molecule is CC(=O)CC(=O)c1ccccc1.[Cl][Sn][Cl]. The van der Waals surface area contributed by atoms with Crippen LogP contribution < -0.4 is 0 Å².